The van der Waals surface area contributed by atoms with E-state index in [-0.39, 0.29) is 0 Å². The molecule has 6 rings (SSSR count). The third-order valence-electron chi connectivity index (χ3n) is 5.21. The molecule has 0 aromatic heterocycles. The van der Waals surface area contributed by atoms with Gasteiger partial charge in [-0.1, -0.05) is 140 Å². The molecule has 6 aromatic carbocycles. The largest absolute Gasteiger partial charge is 0.507 e. The van der Waals surface area contributed by atoms with Gasteiger partial charge in [-0.15, -0.1) is 0 Å². The second kappa shape index (κ2) is 16.8. The van der Waals surface area contributed by atoms with E-state index in [2.05, 4.69) is 65.8 Å². The Morgan fingerprint density at radius 1 is 0.475 bits per heavy atom. The summed E-state index contributed by atoms with van der Waals surface area (Å²) in [7, 11) is 0. The zero-order chi connectivity index (χ0) is 29.5. The van der Waals surface area contributed by atoms with Crippen molar-refractivity contribution in [3.63, 3.8) is 0 Å². The number of aromatic hydroxyl groups is 1. The maximum absolute atomic E-state index is 10.1. The summed E-state index contributed by atoms with van der Waals surface area (Å²) in [5.41, 5.74) is 0. The Morgan fingerprint density at radius 3 is 1.35 bits per heavy atom. The van der Waals surface area contributed by atoms with Crippen LogP contribution in [0.5, 0.6) is 17.2 Å². The van der Waals surface area contributed by atoms with Crippen molar-refractivity contribution in [2.24, 2.45) is 11.8 Å². The topological polar surface area (TPSA) is 29.5 Å². The Balaban J connectivity index is 0.000000216. The van der Waals surface area contributed by atoms with Crippen LogP contribution in [0, 0.1) is 11.8 Å². The van der Waals surface area contributed by atoms with Crippen LogP contribution in [0.4, 0.5) is 0 Å². The number of rotatable bonds is 2. The smallest absolute Gasteiger partial charge is 0.127 e. The molecule has 0 saturated heterocycles. The lowest BCUT2D eigenvalue weighted by Crippen LogP contribution is -1.83. The van der Waals surface area contributed by atoms with Gasteiger partial charge in [0.1, 0.15) is 17.2 Å². The molecule has 0 saturated carbocycles. The Kier molecular flexibility index (Phi) is 13.5. The van der Waals surface area contributed by atoms with Crippen molar-refractivity contribution in [2.75, 3.05) is 0 Å². The van der Waals surface area contributed by atoms with Gasteiger partial charge in [-0.3, -0.25) is 0 Å². The lowest BCUT2D eigenvalue weighted by atomic mass is 9.94. The zero-order valence-electron chi connectivity index (χ0n) is 25.5. The van der Waals surface area contributed by atoms with E-state index < -0.39 is 0 Å². The van der Waals surface area contributed by atoms with Crippen LogP contribution in [0.3, 0.4) is 0 Å². The number of para-hydroxylation sites is 2. The van der Waals surface area contributed by atoms with E-state index in [4.69, 9.17) is 4.74 Å². The summed E-state index contributed by atoms with van der Waals surface area (Å²) in [6, 6.07) is 37.9. The molecule has 0 heterocycles. The highest BCUT2D eigenvalue weighted by atomic mass is 16.5. The van der Waals surface area contributed by atoms with Crippen LogP contribution in [-0.2, 0) is 0 Å². The first-order chi connectivity index (χ1) is 19.3. The fourth-order valence-corrected chi connectivity index (χ4v) is 3.86. The van der Waals surface area contributed by atoms with Gasteiger partial charge in [-0.25, -0.2) is 0 Å². The lowest BCUT2D eigenvalue weighted by molar-refractivity contribution is 0.482. The number of hydrogen-bond donors (Lipinski definition) is 1. The van der Waals surface area contributed by atoms with Crippen molar-refractivity contribution in [1.29, 1.82) is 0 Å². The van der Waals surface area contributed by atoms with Crippen LogP contribution in [0.25, 0.3) is 32.3 Å². The number of hydrogen-bond acceptors (Lipinski definition) is 2. The first-order valence-corrected chi connectivity index (χ1v) is 14.4. The zero-order valence-corrected chi connectivity index (χ0v) is 25.5. The summed E-state index contributed by atoms with van der Waals surface area (Å²) in [5, 5.41) is 16.9. The van der Waals surface area contributed by atoms with Crippen LogP contribution >= 0.6 is 0 Å². The highest BCUT2D eigenvalue weighted by Gasteiger charge is 2.10. The number of phenols is 1. The molecule has 0 bridgehead atoms. The molecule has 2 heteroatoms. The third kappa shape index (κ3) is 9.93. The predicted molar refractivity (Wildman–Crippen MR) is 177 cm³/mol. The Hall–Kier alpha value is -4.04. The van der Waals surface area contributed by atoms with E-state index in [1.54, 1.807) is 0 Å². The van der Waals surface area contributed by atoms with Crippen LogP contribution in [0.1, 0.15) is 55.4 Å². The van der Waals surface area contributed by atoms with E-state index in [1.807, 2.05) is 105 Å². The summed E-state index contributed by atoms with van der Waals surface area (Å²) >= 11 is 0. The summed E-state index contributed by atoms with van der Waals surface area (Å²) in [6.07, 6.45) is 0. The average molecular weight is 535 g/mol. The monoisotopic (exact) mass is 534 g/mol. The average Bonchev–Trinajstić information content (AvgIpc) is 2.94. The van der Waals surface area contributed by atoms with Gasteiger partial charge in [-0.05, 0) is 63.7 Å². The third-order valence-corrected chi connectivity index (χ3v) is 5.21. The van der Waals surface area contributed by atoms with E-state index in [1.165, 1.54) is 21.5 Å². The van der Waals surface area contributed by atoms with Gasteiger partial charge in [0.2, 0.25) is 0 Å². The van der Waals surface area contributed by atoms with Gasteiger partial charge in [0.25, 0.3) is 0 Å². The molecule has 2 nitrogen and oxygen atoms in total. The van der Waals surface area contributed by atoms with Gasteiger partial charge in [0.15, 0.2) is 0 Å². The van der Waals surface area contributed by atoms with Crippen molar-refractivity contribution in [3.8, 4) is 17.2 Å². The van der Waals surface area contributed by atoms with Crippen LogP contribution in [0.2, 0.25) is 0 Å². The first-order valence-electron chi connectivity index (χ1n) is 14.4. The highest BCUT2D eigenvalue weighted by molar-refractivity contribution is 6.24. The maximum Gasteiger partial charge on any atom is 0.127 e. The SMILES string of the molecule is CC.CC(C)C.CC(C)C.Oc1cc2cccc3ccc4cccc1c4c32.c1ccc(Oc2ccccc2)cc1. The van der Waals surface area contributed by atoms with E-state index in [9.17, 15) is 5.11 Å². The Bertz CT molecular complexity index is 1450. The molecule has 0 unspecified atom stereocenters. The minimum absolute atomic E-state index is 0.363. The molecule has 0 aliphatic carbocycles. The van der Waals surface area contributed by atoms with Crippen molar-refractivity contribution < 1.29 is 9.84 Å². The van der Waals surface area contributed by atoms with Gasteiger partial charge >= 0.3 is 0 Å². The minimum atomic E-state index is 0.363. The molecule has 0 amide bonds. The summed E-state index contributed by atoms with van der Waals surface area (Å²) < 4.78 is 5.58. The first kappa shape index (κ1) is 32.2. The molecule has 1 N–H and O–H groups in total. The summed E-state index contributed by atoms with van der Waals surface area (Å²) in [4.78, 5) is 0. The molecule has 210 valence electrons. The van der Waals surface area contributed by atoms with Gasteiger partial charge in [-0.2, -0.15) is 0 Å². The second-order valence-corrected chi connectivity index (χ2v) is 10.6. The van der Waals surface area contributed by atoms with Gasteiger partial charge in [0, 0.05) is 10.8 Å². The summed E-state index contributed by atoms with van der Waals surface area (Å²) in [6.45, 7) is 17.0. The maximum atomic E-state index is 10.1. The normalized spacial score (nSPS) is 10.1. The van der Waals surface area contributed by atoms with Crippen molar-refractivity contribution in [2.45, 2.75) is 55.4 Å². The molecular weight excluding hydrogens is 488 g/mol. The van der Waals surface area contributed by atoms with Crippen molar-refractivity contribution in [3.05, 3.63) is 115 Å². The molecule has 0 fully saturated rings. The quantitative estimate of drug-likeness (QED) is 0.224. The minimum Gasteiger partial charge on any atom is -0.507 e. The molecular formula is C38H46O2. The lowest BCUT2D eigenvalue weighted by Gasteiger charge is -2.11. The number of benzene rings is 6. The fourth-order valence-electron chi connectivity index (χ4n) is 3.86. The van der Waals surface area contributed by atoms with E-state index in [0.717, 1.165) is 34.1 Å². The second-order valence-electron chi connectivity index (χ2n) is 10.6. The molecule has 0 aliphatic heterocycles. The van der Waals surface area contributed by atoms with Crippen LogP contribution < -0.4 is 4.74 Å². The molecule has 0 radical (unpaired) electrons. The highest BCUT2D eigenvalue weighted by Crippen LogP contribution is 2.38. The van der Waals surface area contributed by atoms with E-state index in [0.29, 0.717) is 5.75 Å². The van der Waals surface area contributed by atoms with Gasteiger partial charge < -0.3 is 9.84 Å². The van der Waals surface area contributed by atoms with Crippen molar-refractivity contribution >= 4 is 32.3 Å². The fraction of sp³-hybridized carbons (Fsp3) is 0.263. The number of phenolic OH excluding ortho intramolecular Hbond substituents is 1. The molecule has 6 aromatic rings. The molecule has 0 aliphatic rings. The van der Waals surface area contributed by atoms with E-state index >= 15 is 0 Å². The molecule has 0 atom stereocenters. The van der Waals surface area contributed by atoms with Crippen LogP contribution in [-0.4, -0.2) is 5.11 Å². The Labute approximate surface area is 241 Å². The summed E-state index contributed by atoms with van der Waals surface area (Å²) in [5.74, 6) is 3.77. The Morgan fingerprint density at radius 2 is 0.875 bits per heavy atom. The van der Waals surface area contributed by atoms with Gasteiger partial charge in [0.05, 0.1) is 0 Å². The standard InChI is InChI=1S/C16H10O.C12H10O.2C4H10.C2H6/c17-14-9-12-5-1-3-10-7-8-11-4-2-6-13(14)16(11)15(10)12;1-3-7-11(8-4-1)13-12-9-5-2-6-10-12;2*1-4(2)3;1-2/h1-9,17H;1-10H;2*4H,1-3H3;1-2H3. The number of ether oxygens (including phenoxy) is 1. The molecule has 40 heavy (non-hydrogen) atoms. The van der Waals surface area contributed by atoms with Crippen LogP contribution in [0.15, 0.2) is 115 Å². The predicted octanol–water partition coefficient (Wildman–Crippen LogP) is 12.1. The molecule has 0 spiro atoms. The van der Waals surface area contributed by atoms with Crippen molar-refractivity contribution in [1.82, 2.24) is 0 Å².